The maximum absolute atomic E-state index is 11.1. The summed E-state index contributed by atoms with van der Waals surface area (Å²) in [4.78, 5) is 21.0. The summed E-state index contributed by atoms with van der Waals surface area (Å²) in [6.07, 6.45) is 0.996. The number of benzene rings is 1. The van der Waals surface area contributed by atoms with Crippen LogP contribution in [0.1, 0.15) is 5.56 Å². The van der Waals surface area contributed by atoms with Gasteiger partial charge in [0, 0.05) is 18.2 Å². The largest absolute Gasteiger partial charge is 0.507 e. The molecule has 1 aromatic carbocycles. The molecule has 0 radical (unpaired) electrons. The van der Waals surface area contributed by atoms with E-state index in [1.165, 1.54) is 18.2 Å². The molecule has 2 rings (SSSR count). The van der Waals surface area contributed by atoms with Gasteiger partial charge in [0.15, 0.2) is 12.4 Å². The van der Waals surface area contributed by atoms with Crippen molar-refractivity contribution in [2.24, 2.45) is 0 Å². The first-order valence-electron chi connectivity index (χ1n) is 4.43. The highest BCUT2D eigenvalue weighted by atomic mass is 16.6. The Kier molecular flexibility index (Phi) is 2.32. The topological polar surface area (TPSA) is 89.7 Å². The quantitative estimate of drug-likeness (QED) is 0.572. The van der Waals surface area contributed by atoms with Crippen LogP contribution < -0.4 is 4.74 Å². The molecule has 0 bridgehead atoms. The minimum absolute atomic E-state index is 0.153. The molecular formula is C10H7NO5. The lowest BCUT2D eigenvalue weighted by molar-refractivity contribution is -0.384. The monoisotopic (exact) mass is 221 g/mol. The van der Waals surface area contributed by atoms with Crippen LogP contribution in [0.5, 0.6) is 5.75 Å². The van der Waals surface area contributed by atoms with Crippen LogP contribution in [0.3, 0.4) is 0 Å². The highest BCUT2D eigenvalue weighted by molar-refractivity contribution is 5.98. The molecule has 0 aliphatic carbocycles. The number of carbonyl (C=O) groups excluding carboxylic acids is 1. The van der Waals surface area contributed by atoms with Gasteiger partial charge in [0.2, 0.25) is 0 Å². The third-order valence-electron chi connectivity index (χ3n) is 2.12. The first-order valence-corrected chi connectivity index (χ1v) is 4.43. The Labute approximate surface area is 89.9 Å². The zero-order valence-electron chi connectivity index (χ0n) is 8.04. The zero-order valence-corrected chi connectivity index (χ0v) is 8.04. The number of aliphatic hydroxyl groups is 1. The standard InChI is InChI=1S/C10H7NO5/c12-7-4-9(13)8-3-6(11(14)15)1-2-10(8)16-5-7/h1-4,13H,5H2. The van der Waals surface area contributed by atoms with Crippen molar-refractivity contribution < 1.29 is 19.6 Å². The van der Waals surface area contributed by atoms with Crippen LogP contribution in [0, 0.1) is 10.1 Å². The van der Waals surface area contributed by atoms with Gasteiger partial charge in [-0.15, -0.1) is 0 Å². The van der Waals surface area contributed by atoms with E-state index < -0.39 is 10.7 Å². The number of aliphatic hydroxyl groups excluding tert-OH is 1. The van der Waals surface area contributed by atoms with E-state index in [4.69, 9.17) is 4.74 Å². The van der Waals surface area contributed by atoms with Gasteiger partial charge >= 0.3 is 0 Å². The number of nitro benzene ring substituents is 1. The average Bonchev–Trinajstić information content (AvgIpc) is 2.38. The fourth-order valence-electron chi connectivity index (χ4n) is 1.38. The number of ketones is 1. The second-order valence-electron chi connectivity index (χ2n) is 3.22. The van der Waals surface area contributed by atoms with E-state index in [0.29, 0.717) is 0 Å². The molecule has 1 aliphatic heterocycles. The maximum atomic E-state index is 11.1. The second-order valence-corrected chi connectivity index (χ2v) is 3.22. The number of rotatable bonds is 1. The number of carbonyl (C=O) groups is 1. The van der Waals surface area contributed by atoms with Gasteiger partial charge < -0.3 is 9.84 Å². The van der Waals surface area contributed by atoms with Crippen molar-refractivity contribution >= 4 is 17.2 Å². The fourth-order valence-corrected chi connectivity index (χ4v) is 1.38. The molecular weight excluding hydrogens is 214 g/mol. The molecule has 0 spiro atoms. The Hall–Kier alpha value is -2.37. The van der Waals surface area contributed by atoms with Crippen molar-refractivity contribution in [1.29, 1.82) is 0 Å². The number of hydrogen-bond acceptors (Lipinski definition) is 5. The summed E-state index contributed by atoms with van der Waals surface area (Å²) in [5, 5.41) is 20.1. The zero-order chi connectivity index (χ0) is 11.7. The summed E-state index contributed by atoms with van der Waals surface area (Å²) in [6.45, 7) is -0.186. The number of ether oxygens (including phenoxy) is 1. The first-order chi connectivity index (χ1) is 7.58. The average molecular weight is 221 g/mol. The molecule has 0 aromatic heterocycles. The number of hydrogen-bond donors (Lipinski definition) is 1. The molecule has 1 heterocycles. The van der Waals surface area contributed by atoms with Crippen molar-refractivity contribution in [1.82, 2.24) is 0 Å². The van der Waals surface area contributed by atoms with E-state index in [1.54, 1.807) is 0 Å². The van der Waals surface area contributed by atoms with Crippen molar-refractivity contribution in [3.05, 3.63) is 40.0 Å². The highest BCUT2D eigenvalue weighted by Crippen LogP contribution is 2.30. The molecule has 16 heavy (non-hydrogen) atoms. The lowest BCUT2D eigenvalue weighted by Crippen LogP contribution is -2.06. The molecule has 1 aromatic rings. The molecule has 0 unspecified atom stereocenters. The molecule has 0 saturated carbocycles. The van der Waals surface area contributed by atoms with E-state index in [1.807, 2.05) is 0 Å². The highest BCUT2D eigenvalue weighted by Gasteiger charge is 2.19. The van der Waals surface area contributed by atoms with Crippen LogP contribution >= 0.6 is 0 Å². The summed E-state index contributed by atoms with van der Waals surface area (Å²) in [5.74, 6) is -0.456. The lowest BCUT2D eigenvalue weighted by Gasteiger charge is -2.05. The summed E-state index contributed by atoms with van der Waals surface area (Å²) in [7, 11) is 0. The fraction of sp³-hybridized carbons (Fsp3) is 0.100. The molecule has 1 N–H and O–H groups in total. The Balaban J connectivity index is 2.55. The first kappa shape index (κ1) is 10.2. The SMILES string of the molecule is O=C1C=C(O)c2cc([N+](=O)[O-])ccc2OC1. The van der Waals surface area contributed by atoms with Gasteiger partial charge in [-0.3, -0.25) is 14.9 Å². The van der Waals surface area contributed by atoms with Crippen LogP contribution in [-0.2, 0) is 4.79 Å². The molecule has 6 nitrogen and oxygen atoms in total. The minimum Gasteiger partial charge on any atom is -0.507 e. The van der Waals surface area contributed by atoms with E-state index in [9.17, 15) is 20.0 Å². The third-order valence-corrected chi connectivity index (χ3v) is 2.12. The normalized spacial score (nSPS) is 14.5. The van der Waals surface area contributed by atoms with Crippen molar-refractivity contribution in [3.8, 4) is 5.75 Å². The number of nitrogens with zero attached hydrogens (tertiary/aromatic N) is 1. The van der Waals surface area contributed by atoms with Crippen LogP contribution in [-0.4, -0.2) is 22.4 Å². The summed E-state index contributed by atoms with van der Waals surface area (Å²) in [6, 6.07) is 3.78. The Morgan fingerprint density at radius 3 is 2.88 bits per heavy atom. The van der Waals surface area contributed by atoms with Gasteiger partial charge in [0.25, 0.3) is 5.69 Å². The molecule has 0 saturated heterocycles. The molecule has 0 fully saturated rings. The van der Waals surface area contributed by atoms with Crippen molar-refractivity contribution in [2.75, 3.05) is 6.61 Å². The summed E-state index contributed by atoms with van der Waals surface area (Å²) in [5.41, 5.74) is -0.0169. The molecule has 0 atom stereocenters. The van der Waals surface area contributed by atoms with Crippen LogP contribution in [0.4, 0.5) is 5.69 Å². The smallest absolute Gasteiger partial charge is 0.270 e. The van der Waals surface area contributed by atoms with E-state index in [-0.39, 0.29) is 29.4 Å². The summed E-state index contributed by atoms with van der Waals surface area (Å²) >= 11 is 0. The lowest BCUT2D eigenvalue weighted by atomic mass is 10.1. The van der Waals surface area contributed by atoms with Gasteiger partial charge in [0.1, 0.15) is 11.5 Å². The predicted octanol–water partition coefficient (Wildman–Crippen LogP) is 1.46. The number of nitro groups is 1. The maximum Gasteiger partial charge on any atom is 0.270 e. The van der Waals surface area contributed by atoms with Gasteiger partial charge in [-0.25, -0.2) is 0 Å². The van der Waals surface area contributed by atoms with Gasteiger partial charge in [-0.2, -0.15) is 0 Å². The van der Waals surface area contributed by atoms with E-state index >= 15 is 0 Å². The van der Waals surface area contributed by atoms with Gasteiger partial charge in [-0.1, -0.05) is 0 Å². The van der Waals surface area contributed by atoms with E-state index in [2.05, 4.69) is 0 Å². The molecule has 82 valence electrons. The van der Waals surface area contributed by atoms with Crippen LogP contribution in [0.25, 0.3) is 5.76 Å². The number of fused-ring (bicyclic) bond motifs is 1. The number of non-ortho nitro benzene ring substituents is 1. The van der Waals surface area contributed by atoms with Crippen LogP contribution in [0.15, 0.2) is 24.3 Å². The van der Waals surface area contributed by atoms with E-state index in [0.717, 1.165) is 6.08 Å². The molecule has 1 aliphatic rings. The summed E-state index contributed by atoms with van der Waals surface area (Å²) < 4.78 is 5.08. The predicted molar refractivity (Wildman–Crippen MR) is 54.2 cm³/mol. The second kappa shape index (κ2) is 3.65. The van der Waals surface area contributed by atoms with Crippen LogP contribution in [0.2, 0.25) is 0 Å². The Morgan fingerprint density at radius 1 is 1.44 bits per heavy atom. The van der Waals surface area contributed by atoms with Crippen molar-refractivity contribution in [3.63, 3.8) is 0 Å². The molecule has 6 heteroatoms. The Bertz CT molecular complexity index is 506. The Morgan fingerprint density at radius 2 is 2.19 bits per heavy atom. The minimum atomic E-state index is -0.583. The van der Waals surface area contributed by atoms with Gasteiger partial charge in [0.05, 0.1) is 10.5 Å². The molecule has 0 amide bonds. The van der Waals surface area contributed by atoms with Crippen molar-refractivity contribution in [2.45, 2.75) is 0 Å². The van der Waals surface area contributed by atoms with Gasteiger partial charge in [-0.05, 0) is 6.07 Å². The third kappa shape index (κ3) is 1.72.